The summed E-state index contributed by atoms with van der Waals surface area (Å²) < 4.78 is 69.2. The molecular formula is C53H68O16. The Morgan fingerprint density at radius 2 is 0.565 bits per heavy atom. The first-order chi connectivity index (χ1) is 33.5. The van der Waals surface area contributed by atoms with E-state index in [2.05, 4.69) is 0 Å². The molecule has 0 saturated carbocycles. The molecule has 0 aliphatic rings. The molecule has 0 radical (unpaired) electrons. The van der Waals surface area contributed by atoms with Crippen LogP contribution in [0.15, 0.2) is 72.8 Å². The van der Waals surface area contributed by atoms with E-state index < -0.39 is 55.7 Å². The SMILES string of the molecule is CCCCOc1ccc(C(=O)OCC(COC(=O)c2ccc(OCCCC)c(OC)c2)(COC(=O)c2ccc(OCCCC)c(OC)c2)COC(=O)c2ccc(OCCCC)c(OC)c2)cc1OC. The number of benzene rings is 4. The molecule has 0 bridgehead atoms. The summed E-state index contributed by atoms with van der Waals surface area (Å²) in [6, 6.07) is 18.4. The fraction of sp³-hybridized carbons (Fsp3) is 0.472. The van der Waals surface area contributed by atoms with Gasteiger partial charge in [0.05, 0.1) is 77.1 Å². The van der Waals surface area contributed by atoms with Crippen molar-refractivity contribution in [1.82, 2.24) is 0 Å². The topological polar surface area (TPSA) is 179 Å². The number of esters is 4. The molecule has 4 aromatic rings. The highest BCUT2D eigenvalue weighted by molar-refractivity contribution is 5.92. The zero-order chi connectivity index (χ0) is 50.0. The van der Waals surface area contributed by atoms with E-state index in [1.165, 1.54) is 77.0 Å². The van der Waals surface area contributed by atoms with E-state index >= 15 is 0 Å². The largest absolute Gasteiger partial charge is 0.493 e. The van der Waals surface area contributed by atoms with Gasteiger partial charge in [0.15, 0.2) is 46.0 Å². The van der Waals surface area contributed by atoms with Crippen LogP contribution in [-0.2, 0) is 18.9 Å². The Kier molecular flexibility index (Phi) is 23.1. The normalized spacial score (nSPS) is 10.9. The van der Waals surface area contributed by atoms with Crippen LogP contribution >= 0.6 is 0 Å². The quantitative estimate of drug-likeness (QED) is 0.0256. The molecule has 16 nitrogen and oxygen atoms in total. The van der Waals surface area contributed by atoms with E-state index in [1.54, 1.807) is 24.3 Å². The number of carbonyl (C=O) groups is 4. The minimum Gasteiger partial charge on any atom is -0.493 e. The van der Waals surface area contributed by atoms with Crippen molar-refractivity contribution in [2.24, 2.45) is 5.41 Å². The van der Waals surface area contributed by atoms with Gasteiger partial charge in [-0.3, -0.25) is 0 Å². The molecule has 4 rings (SSSR count). The van der Waals surface area contributed by atoms with E-state index in [-0.39, 0.29) is 22.3 Å². The first kappa shape index (κ1) is 54.8. The third kappa shape index (κ3) is 16.7. The van der Waals surface area contributed by atoms with Crippen molar-refractivity contribution in [3.05, 3.63) is 95.1 Å². The Bertz CT molecular complexity index is 1940. The Hall–Kier alpha value is -6.84. The third-order valence-electron chi connectivity index (χ3n) is 10.7. The van der Waals surface area contributed by atoms with Gasteiger partial charge in [-0.15, -0.1) is 0 Å². The first-order valence-electron chi connectivity index (χ1n) is 23.4. The van der Waals surface area contributed by atoms with Crippen LogP contribution in [0.25, 0.3) is 0 Å². The van der Waals surface area contributed by atoms with E-state index in [0.717, 1.165) is 51.4 Å². The minimum absolute atomic E-state index is 0.101. The molecular weight excluding hydrogens is 893 g/mol. The van der Waals surface area contributed by atoms with Gasteiger partial charge in [-0.2, -0.15) is 0 Å². The summed E-state index contributed by atoms with van der Waals surface area (Å²) >= 11 is 0. The van der Waals surface area contributed by atoms with Crippen LogP contribution in [0.3, 0.4) is 0 Å². The monoisotopic (exact) mass is 960 g/mol. The lowest BCUT2D eigenvalue weighted by atomic mass is 9.92. The standard InChI is InChI=1S/C53H68O16/c1-9-13-25-62-41-21-17-37(29-45(41)58-5)49(54)66-33-53(34-67-50(55)38-18-22-42(46(30-38)59-6)63-26-14-10-2,35-68-51(56)39-19-23-43(47(31-39)60-7)64-27-15-11-3)36-69-52(57)40-20-24-44(48(32-40)61-8)65-28-16-12-4/h17-24,29-32H,9-16,25-28,33-36H2,1-8H3. The number of unbranched alkanes of at least 4 members (excludes halogenated alkanes) is 4. The van der Waals surface area contributed by atoms with Gasteiger partial charge in [0, 0.05) is 0 Å². The van der Waals surface area contributed by atoms with Crippen molar-refractivity contribution in [2.45, 2.75) is 79.1 Å². The fourth-order valence-electron chi connectivity index (χ4n) is 6.42. The number of hydrogen-bond acceptors (Lipinski definition) is 16. The summed E-state index contributed by atoms with van der Waals surface area (Å²) in [6.07, 6.45) is 6.97. The van der Waals surface area contributed by atoms with Gasteiger partial charge in [0.2, 0.25) is 0 Å². The molecule has 4 aromatic carbocycles. The summed E-state index contributed by atoms with van der Waals surface area (Å²) in [5.41, 5.74) is -1.30. The maximum atomic E-state index is 13.9. The molecule has 0 N–H and O–H groups in total. The average Bonchev–Trinajstić information content (AvgIpc) is 3.38. The fourth-order valence-corrected chi connectivity index (χ4v) is 6.42. The van der Waals surface area contributed by atoms with Crippen molar-refractivity contribution in [1.29, 1.82) is 0 Å². The zero-order valence-electron chi connectivity index (χ0n) is 41.3. The van der Waals surface area contributed by atoms with E-state index in [1.807, 2.05) is 27.7 Å². The van der Waals surface area contributed by atoms with Gasteiger partial charge in [0.25, 0.3) is 0 Å². The molecule has 0 aliphatic heterocycles. The first-order valence-corrected chi connectivity index (χ1v) is 23.4. The second kappa shape index (κ2) is 29.1. The lowest BCUT2D eigenvalue weighted by Crippen LogP contribution is -2.44. The Labute approximate surface area is 405 Å². The lowest BCUT2D eigenvalue weighted by Gasteiger charge is -2.31. The molecule has 0 unspecified atom stereocenters. The molecule has 0 atom stereocenters. The van der Waals surface area contributed by atoms with Crippen molar-refractivity contribution in [3.8, 4) is 46.0 Å². The summed E-state index contributed by atoms with van der Waals surface area (Å²) in [7, 11) is 5.81. The van der Waals surface area contributed by atoms with E-state index in [0.29, 0.717) is 72.4 Å². The Morgan fingerprint density at radius 1 is 0.348 bits per heavy atom. The van der Waals surface area contributed by atoms with Gasteiger partial charge in [0.1, 0.15) is 31.8 Å². The summed E-state index contributed by atoms with van der Waals surface area (Å²) in [5, 5.41) is 0. The van der Waals surface area contributed by atoms with Gasteiger partial charge in [-0.1, -0.05) is 53.4 Å². The molecule has 0 spiro atoms. The predicted octanol–water partition coefficient (Wildman–Crippen LogP) is 10.2. The van der Waals surface area contributed by atoms with E-state index in [4.69, 9.17) is 56.8 Å². The van der Waals surface area contributed by atoms with E-state index in [9.17, 15) is 19.2 Å². The molecule has 0 heterocycles. The molecule has 69 heavy (non-hydrogen) atoms. The number of hydrogen-bond donors (Lipinski definition) is 0. The number of methoxy groups -OCH3 is 4. The Morgan fingerprint density at radius 3 is 0.754 bits per heavy atom. The Balaban J connectivity index is 1.72. The molecule has 0 fully saturated rings. The van der Waals surface area contributed by atoms with Crippen molar-refractivity contribution in [3.63, 3.8) is 0 Å². The van der Waals surface area contributed by atoms with Crippen molar-refractivity contribution >= 4 is 23.9 Å². The van der Waals surface area contributed by atoms with Crippen molar-refractivity contribution in [2.75, 3.05) is 81.3 Å². The third-order valence-corrected chi connectivity index (χ3v) is 10.7. The van der Waals surface area contributed by atoms with Gasteiger partial charge >= 0.3 is 23.9 Å². The van der Waals surface area contributed by atoms with Crippen LogP contribution in [0.1, 0.15) is 120 Å². The van der Waals surface area contributed by atoms with Crippen LogP contribution < -0.4 is 37.9 Å². The highest BCUT2D eigenvalue weighted by Gasteiger charge is 2.39. The molecule has 16 heteroatoms. The van der Waals surface area contributed by atoms with Crippen molar-refractivity contribution < 1.29 is 76.0 Å². The van der Waals surface area contributed by atoms with Crippen LogP contribution in [0.2, 0.25) is 0 Å². The zero-order valence-corrected chi connectivity index (χ0v) is 41.3. The van der Waals surface area contributed by atoms with Crippen LogP contribution in [0, 0.1) is 5.41 Å². The second-order valence-corrected chi connectivity index (χ2v) is 16.1. The highest BCUT2D eigenvalue weighted by Crippen LogP contribution is 2.34. The number of ether oxygens (including phenoxy) is 12. The van der Waals surface area contributed by atoms with Gasteiger partial charge in [-0.25, -0.2) is 19.2 Å². The molecule has 376 valence electrons. The van der Waals surface area contributed by atoms with Crippen LogP contribution in [0.5, 0.6) is 46.0 Å². The molecule has 0 aromatic heterocycles. The predicted molar refractivity (Wildman–Crippen MR) is 257 cm³/mol. The maximum absolute atomic E-state index is 13.9. The average molecular weight is 961 g/mol. The number of carbonyl (C=O) groups excluding carboxylic acids is 4. The summed E-state index contributed by atoms with van der Waals surface area (Å²) in [4.78, 5) is 55.5. The highest BCUT2D eigenvalue weighted by atomic mass is 16.6. The summed E-state index contributed by atoms with van der Waals surface area (Å²) in [5.74, 6) is -0.273. The minimum atomic E-state index is -1.71. The van der Waals surface area contributed by atoms with Gasteiger partial charge < -0.3 is 56.8 Å². The molecule has 0 aliphatic carbocycles. The van der Waals surface area contributed by atoms with Crippen LogP contribution in [0.4, 0.5) is 0 Å². The smallest absolute Gasteiger partial charge is 0.338 e. The second-order valence-electron chi connectivity index (χ2n) is 16.1. The maximum Gasteiger partial charge on any atom is 0.338 e. The lowest BCUT2D eigenvalue weighted by molar-refractivity contribution is -0.0642. The van der Waals surface area contributed by atoms with Crippen LogP contribution in [-0.4, -0.2) is 105 Å². The number of rotatable bonds is 32. The molecule has 0 amide bonds. The summed E-state index contributed by atoms with van der Waals surface area (Å²) in [6.45, 7) is 7.66. The van der Waals surface area contributed by atoms with Gasteiger partial charge in [-0.05, 0) is 98.5 Å². The molecule has 0 saturated heterocycles.